The molecule has 0 saturated heterocycles. The topological polar surface area (TPSA) is 39.9 Å². The SMILES string of the molecule is CCCc1nnc(Cl)n1C(CC)COC. The molecule has 1 unspecified atom stereocenters. The van der Waals surface area contributed by atoms with Crippen molar-refractivity contribution in [2.45, 2.75) is 39.2 Å². The monoisotopic (exact) mass is 231 g/mol. The molecule has 1 aromatic heterocycles. The van der Waals surface area contributed by atoms with Crippen molar-refractivity contribution in [2.24, 2.45) is 0 Å². The quantitative estimate of drug-likeness (QED) is 0.755. The standard InChI is InChI=1S/C10H18ClN3O/c1-4-6-9-12-13-10(11)14(9)8(5-2)7-15-3/h8H,4-7H2,1-3H3. The first-order valence-corrected chi connectivity index (χ1v) is 5.70. The Morgan fingerprint density at radius 2 is 2.13 bits per heavy atom. The van der Waals surface area contributed by atoms with E-state index in [2.05, 4.69) is 24.0 Å². The summed E-state index contributed by atoms with van der Waals surface area (Å²) in [6, 6.07) is 0.235. The van der Waals surface area contributed by atoms with Crippen molar-refractivity contribution in [3.8, 4) is 0 Å². The zero-order valence-electron chi connectivity index (χ0n) is 9.53. The van der Waals surface area contributed by atoms with Gasteiger partial charge in [0.05, 0.1) is 12.6 Å². The molecule has 0 aliphatic rings. The molecular weight excluding hydrogens is 214 g/mol. The molecule has 5 heteroatoms. The molecule has 1 rings (SSSR count). The highest BCUT2D eigenvalue weighted by atomic mass is 35.5. The molecule has 0 N–H and O–H groups in total. The van der Waals surface area contributed by atoms with Crippen LogP contribution in [0.3, 0.4) is 0 Å². The normalized spacial score (nSPS) is 13.1. The lowest BCUT2D eigenvalue weighted by Gasteiger charge is -2.18. The maximum absolute atomic E-state index is 6.02. The number of hydrogen-bond donors (Lipinski definition) is 0. The van der Waals surface area contributed by atoms with Gasteiger partial charge in [-0.3, -0.25) is 4.57 Å². The van der Waals surface area contributed by atoms with Gasteiger partial charge in [-0.25, -0.2) is 0 Å². The number of rotatable bonds is 6. The van der Waals surface area contributed by atoms with Crippen LogP contribution in [0.1, 0.15) is 38.6 Å². The fourth-order valence-electron chi connectivity index (χ4n) is 1.62. The lowest BCUT2D eigenvalue weighted by atomic mass is 10.2. The Kier molecular flexibility index (Phi) is 5.05. The van der Waals surface area contributed by atoms with Gasteiger partial charge in [0, 0.05) is 13.5 Å². The van der Waals surface area contributed by atoms with Gasteiger partial charge in [0.25, 0.3) is 0 Å². The molecule has 0 fully saturated rings. The van der Waals surface area contributed by atoms with Crippen LogP contribution in [0.5, 0.6) is 0 Å². The van der Waals surface area contributed by atoms with E-state index in [9.17, 15) is 0 Å². The summed E-state index contributed by atoms with van der Waals surface area (Å²) in [5.74, 6) is 0.950. The zero-order chi connectivity index (χ0) is 11.3. The van der Waals surface area contributed by atoms with Gasteiger partial charge in [0.1, 0.15) is 5.82 Å². The zero-order valence-corrected chi connectivity index (χ0v) is 10.3. The number of nitrogens with zero attached hydrogens (tertiary/aromatic N) is 3. The van der Waals surface area contributed by atoms with Gasteiger partial charge in [-0.2, -0.15) is 0 Å². The number of halogens is 1. The smallest absolute Gasteiger partial charge is 0.225 e. The summed E-state index contributed by atoms with van der Waals surface area (Å²) in [6.45, 7) is 4.87. The average Bonchev–Trinajstić information content (AvgIpc) is 2.58. The van der Waals surface area contributed by atoms with Crippen LogP contribution in [0, 0.1) is 0 Å². The summed E-state index contributed by atoms with van der Waals surface area (Å²) in [7, 11) is 1.69. The molecule has 0 saturated carbocycles. The Hall–Kier alpha value is -0.610. The molecule has 0 aliphatic heterocycles. The second-order valence-corrected chi connectivity index (χ2v) is 3.86. The summed E-state index contributed by atoms with van der Waals surface area (Å²) in [5, 5.41) is 8.45. The van der Waals surface area contributed by atoms with Crippen LogP contribution in [-0.2, 0) is 11.2 Å². The van der Waals surface area contributed by atoms with E-state index < -0.39 is 0 Å². The van der Waals surface area contributed by atoms with Crippen LogP contribution in [0.15, 0.2) is 0 Å². The first-order valence-electron chi connectivity index (χ1n) is 5.32. The molecule has 4 nitrogen and oxygen atoms in total. The van der Waals surface area contributed by atoms with Crippen molar-refractivity contribution >= 4 is 11.6 Å². The minimum atomic E-state index is 0.235. The second kappa shape index (κ2) is 6.08. The van der Waals surface area contributed by atoms with E-state index in [-0.39, 0.29) is 6.04 Å². The lowest BCUT2D eigenvalue weighted by Crippen LogP contribution is -2.16. The molecular formula is C10H18ClN3O. The molecule has 1 atom stereocenters. The van der Waals surface area contributed by atoms with Gasteiger partial charge < -0.3 is 4.74 Å². The van der Waals surface area contributed by atoms with Crippen molar-refractivity contribution in [1.82, 2.24) is 14.8 Å². The van der Waals surface area contributed by atoms with Crippen LogP contribution in [0.2, 0.25) is 5.28 Å². The van der Waals surface area contributed by atoms with Crippen LogP contribution in [0.25, 0.3) is 0 Å². The number of aromatic nitrogens is 3. The Morgan fingerprint density at radius 1 is 1.40 bits per heavy atom. The van der Waals surface area contributed by atoms with Crippen molar-refractivity contribution in [3.05, 3.63) is 11.1 Å². The Bertz CT molecular complexity index is 301. The van der Waals surface area contributed by atoms with Gasteiger partial charge in [0.2, 0.25) is 5.28 Å². The van der Waals surface area contributed by atoms with E-state index in [1.54, 1.807) is 7.11 Å². The Labute approximate surface area is 95.6 Å². The fourth-order valence-corrected chi connectivity index (χ4v) is 1.90. The predicted octanol–water partition coefficient (Wildman–Crippen LogP) is 2.48. The number of hydrogen-bond acceptors (Lipinski definition) is 3. The summed E-state index contributed by atoms with van der Waals surface area (Å²) >= 11 is 6.02. The van der Waals surface area contributed by atoms with Gasteiger partial charge >= 0.3 is 0 Å². The van der Waals surface area contributed by atoms with Crippen LogP contribution < -0.4 is 0 Å². The Balaban J connectivity index is 2.92. The van der Waals surface area contributed by atoms with Gasteiger partial charge in [-0.15, -0.1) is 10.2 Å². The summed E-state index contributed by atoms with van der Waals surface area (Å²) in [5.41, 5.74) is 0. The number of aryl methyl sites for hydroxylation is 1. The van der Waals surface area contributed by atoms with E-state index in [1.165, 1.54) is 0 Å². The summed E-state index contributed by atoms with van der Waals surface area (Å²) in [6.07, 6.45) is 2.90. The largest absolute Gasteiger partial charge is 0.383 e. The molecule has 15 heavy (non-hydrogen) atoms. The van der Waals surface area contributed by atoms with Crippen molar-refractivity contribution in [3.63, 3.8) is 0 Å². The van der Waals surface area contributed by atoms with Crippen molar-refractivity contribution in [1.29, 1.82) is 0 Å². The number of methoxy groups -OCH3 is 1. The molecule has 0 radical (unpaired) electrons. The maximum Gasteiger partial charge on any atom is 0.225 e. The van der Waals surface area contributed by atoms with E-state index in [4.69, 9.17) is 16.3 Å². The molecule has 0 aliphatic carbocycles. The first kappa shape index (κ1) is 12.5. The first-order chi connectivity index (χ1) is 7.24. The highest BCUT2D eigenvalue weighted by Gasteiger charge is 2.17. The minimum absolute atomic E-state index is 0.235. The third-order valence-corrected chi connectivity index (χ3v) is 2.65. The van der Waals surface area contributed by atoms with Gasteiger partial charge in [-0.1, -0.05) is 13.8 Å². The maximum atomic E-state index is 6.02. The van der Waals surface area contributed by atoms with E-state index in [1.807, 2.05) is 4.57 Å². The molecule has 0 bridgehead atoms. The third kappa shape index (κ3) is 2.92. The van der Waals surface area contributed by atoms with Gasteiger partial charge in [0.15, 0.2) is 0 Å². The fraction of sp³-hybridized carbons (Fsp3) is 0.800. The van der Waals surface area contributed by atoms with Crippen molar-refractivity contribution < 1.29 is 4.74 Å². The van der Waals surface area contributed by atoms with E-state index in [0.717, 1.165) is 25.1 Å². The van der Waals surface area contributed by atoms with Crippen molar-refractivity contribution in [2.75, 3.05) is 13.7 Å². The molecule has 0 amide bonds. The summed E-state index contributed by atoms with van der Waals surface area (Å²) < 4.78 is 7.15. The number of ether oxygens (including phenoxy) is 1. The average molecular weight is 232 g/mol. The Morgan fingerprint density at radius 3 is 2.67 bits per heavy atom. The van der Waals surface area contributed by atoms with Crippen LogP contribution in [-0.4, -0.2) is 28.5 Å². The third-order valence-electron chi connectivity index (χ3n) is 2.39. The molecule has 1 aromatic rings. The predicted molar refractivity (Wildman–Crippen MR) is 60.2 cm³/mol. The molecule has 0 spiro atoms. The van der Waals surface area contributed by atoms with Crippen LogP contribution >= 0.6 is 11.6 Å². The lowest BCUT2D eigenvalue weighted by molar-refractivity contribution is 0.151. The highest BCUT2D eigenvalue weighted by Crippen LogP contribution is 2.20. The van der Waals surface area contributed by atoms with Gasteiger partial charge in [-0.05, 0) is 24.4 Å². The molecule has 0 aromatic carbocycles. The molecule has 1 heterocycles. The van der Waals surface area contributed by atoms with Crippen LogP contribution in [0.4, 0.5) is 0 Å². The van der Waals surface area contributed by atoms with E-state index >= 15 is 0 Å². The second-order valence-electron chi connectivity index (χ2n) is 3.52. The molecule has 86 valence electrons. The highest BCUT2D eigenvalue weighted by molar-refractivity contribution is 6.28. The summed E-state index contributed by atoms with van der Waals surface area (Å²) in [4.78, 5) is 0. The minimum Gasteiger partial charge on any atom is -0.383 e. The van der Waals surface area contributed by atoms with E-state index in [0.29, 0.717) is 11.9 Å².